The number of benzene rings is 1. The number of phenolic OH excluding ortho intramolecular Hbond substituents is 1. The Hall–Kier alpha value is -1.31. The fraction of sp³-hybridized carbons (Fsp3) is 0.708. The van der Waals surface area contributed by atoms with E-state index in [0.29, 0.717) is 30.3 Å². The molecular formula is C24H38O2. The molecule has 0 unspecified atom stereocenters. The first-order valence-electron chi connectivity index (χ1n) is 10.7. The van der Waals surface area contributed by atoms with Crippen LogP contribution in [0, 0.1) is 5.92 Å². The van der Waals surface area contributed by atoms with Gasteiger partial charge in [0.15, 0.2) is 0 Å². The molecule has 0 amide bonds. The second-order valence-corrected chi connectivity index (χ2v) is 8.90. The summed E-state index contributed by atoms with van der Waals surface area (Å²) >= 11 is 0. The molecule has 146 valence electrons. The standard InChI is InChI=1S/C24H38O2/c1-5-7-8-9-15-24(3,4)19-12-14-21(23(26)16-19)22-17-20(25)13-11-18(22)10-6-2/h12,14,16,18,22,26H,5-11,13,15,17H2,1-4H3/t18-,22-/m1/s1. The minimum atomic E-state index is 0.0783. The molecule has 0 bridgehead atoms. The topological polar surface area (TPSA) is 37.3 Å². The van der Waals surface area contributed by atoms with Gasteiger partial charge in [0.25, 0.3) is 0 Å². The van der Waals surface area contributed by atoms with Crippen molar-refractivity contribution in [2.24, 2.45) is 5.92 Å². The van der Waals surface area contributed by atoms with Gasteiger partial charge in [-0.2, -0.15) is 0 Å². The van der Waals surface area contributed by atoms with Gasteiger partial charge in [-0.05, 0) is 47.3 Å². The Balaban J connectivity index is 2.15. The van der Waals surface area contributed by atoms with Crippen LogP contribution in [0.3, 0.4) is 0 Å². The molecule has 1 N–H and O–H groups in total. The lowest BCUT2D eigenvalue weighted by Gasteiger charge is -2.32. The van der Waals surface area contributed by atoms with E-state index in [4.69, 9.17) is 0 Å². The highest BCUT2D eigenvalue weighted by atomic mass is 16.3. The molecule has 2 nitrogen and oxygen atoms in total. The largest absolute Gasteiger partial charge is 0.508 e. The van der Waals surface area contributed by atoms with Gasteiger partial charge >= 0.3 is 0 Å². The highest BCUT2D eigenvalue weighted by molar-refractivity contribution is 5.80. The molecule has 0 aromatic heterocycles. The predicted octanol–water partition coefficient (Wildman–Crippen LogP) is 6.89. The number of carbonyl (C=O) groups excluding carboxylic acids is 1. The molecule has 1 fully saturated rings. The zero-order valence-corrected chi connectivity index (χ0v) is 17.3. The predicted molar refractivity (Wildman–Crippen MR) is 110 cm³/mol. The van der Waals surface area contributed by atoms with Crippen LogP contribution >= 0.6 is 0 Å². The van der Waals surface area contributed by atoms with Gasteiger partial charge in [-0.1, -0.05) is 78.4 Å². The van der Waals surface area contributed by atoms with Crippen LogP contribution < -0.4 is 0 Å². The molecule has 1 aromatic carbocycles. The molecule has 0 aliphatic heterocycles. The van der Waals surface area contributed by atoms with Crippen LogP contribution in [0.1, 0.15) is 109 Å². The van der Waals surface area contributed by atoms with E-state index in [1.54, 1.807) is 0 Å². The summed E-state index contributed by atoms with van der Waals surface area (Å²) in [5.74, 6) is 1.46. The fourth-order valence-corrected chi connectivity index (χ4v) is 4.56. The number of unbranched alkanes of at least 4 members (excludes halogenated alkanes) is 3. The van der Waals surface area contributed by atoms with E-state index in [9.17, 15) is 9.90 Å². The van der Waals surface area contributed by atoms with Gasteiger partial charge in [0.2, 0.25) is 0 Å². The van der Waals surface area contributed by atoms with E-state index in [2.05, 4.69) is 39.8 Å². The summed E-state index contributed by atoms with van der Waals surface area (Å²) in [6.45, 7) is 9.00. The molecule has 2 atom stereocenters. The minimum Gasteiger partial charge on any atom is -0.508 e. The van der Waals surface area contributed by atoms with Gasteiger partial charge in [-0.15, -0.1) is 0 Å². The Kier molecular flexibility index (Phi) is 7.73. The lowest BCUT2D eigenvalue weighted by atomic mass is 9.72. The van der Waals surface area contributed by atoms with Crippen LogP contribution in [0.25, 0.3) is 0 Å². The van der Waals surface area contributed by atoms with E-state index in [0.717, 1.165) is 31.2 Å². The summed E-state index contributed by atoms with van der Waals surface area (Å²) in [6.07, 6.45) is 10.8. The molecule has 1 saturated carbocycles. The van der Waals surface area contributed by atoms with Crippen molar-refractivity contribution in [3.8, 4) is 5.75 Å². The van der Waals surface area contributed by atoms with Crippen molar-refractivity contribution in [3.05, 3.63) is 29.3 Å². The molecule has 0 radical (unpaired) electrons. The van der Waals surface area contributed by atoms with Crippen LogP contribution in [0.15, 0.2) is 18.2 Å². The highest BCUT2D eigenvalue weighted by Crippen LogP contribution is 2.43. The molecule has 2 heteroatoms. The quantitative estimate of drug-likeness (QED) is 0.488. The number of aromatic hydroxyl groups is 1. The molecule has 0 spiro atoms. The van der Waals surface area contributed by atoms with E-state index < -0.39 is 0 Å². The van der Waals surface area contributed by atoms with Gasteiger partial charge in [-0.25, -0.2) is 0 Å². The molecule has 0 heterocycles. The van der Waals surface area contributed by atoms with E-state index in [1.165, 1.54) is 31.2 Å². The number of Topliss-reactive ketones (excluding diaryl/α,β-unsaturated/α-hetero) is 1. The average molecular weight is 359 g/mol. The van der Waals surface area contributed by atoms with Crippen LogP contribution in [-0.4, -0.2) is 10.9 Å². The summed E-state index contributed by atoms with van der Waals surface area (Å²) in [4.78, 5) is 12.0. The molecule has 1 aromatic rings. The van der Waals surface area contributed by atoms with Crippen LogP contribution in [-0.2, 0) is 10.2 Å². The second-order valence-electron chi connectivity index (χ2n) is 8.90. The summed E-state index contributed by atoms with van der Waals surface area (Å²) < 4.78 is 0. The summed E-state index contributed by atoms with van der Waals surface area (Å²) in [6, 6.07) is 6.26. The number of carbonyl (C=O) groups is 1. The van der Waals surface area contributed by atoms with Crippen molar-refractivity contribution in [2.45, 2.75) is 103 Å². The summed E-state index contributed by atoms with van der Waals surface area (Å²) in [5, 5.41) is 10.8. The van der Waals surface area contributed by atoms with Crippen molar-refractivity contribution in [1.82, 2.24) is 0 Å². The van der Waals surface area contributed by atoms with E-state index >= 15 is 0 Å². The molecular weight excluding hydrogens is 320 g/mol. The van der Waals surface area contributed by atoms with Crippen molar-refractivity contribution >= 4 is 5.78 Å². The van der Waals surface area contributed by atoms with Gasteiger partial charge in [0.1, 0.15) is 11.5 Å². The first-order chi connectivity index (χ1) is 12.4. The molecule has 2 rings (SSSR count). The smallest absolute Gasteiger partial charge is 0.133 e. The van der Waals surface area contributed by atoms with Crippen molar-refractivity contribution in [1.29, 1.82) is 0 Å². The minimum absolute atomic E-state index is 0.0783. The third-order valence-corrected chi connectivity index (χ3v) is 6.34. The Labute approximate surface area is 160 Å². The number of ketones is 1. The first kappa shape index (κ1) is 21.0. The maximum Gasteiger partial charge on any atom is 0.133 e. The van der Waals surface area contributed by atoms with Crippen molar-refractivity contribution < 1.29 is 9.90 Å². The highest BCUT2D eigenvalue weighted by Gasteiger charge is 2.32. The molecule has 1 aliphatic rings. The maximum atomic E-state index is 12.0. The molecule has 1 aliphatic carbocycles. The van der Waals surface area contributed by atoms with E-state index in [-0.39, 0.29) is 11.3 Å². The number of rotatable bonds is 9. The number of phenols is 1. The normalized spacial score (nSPS) is 21.2. The first-order valence-corrected chi connectivity index (χ1v) is 10.7. The summed E-state index contributed by atoms with van der Waals surface area (Å²) in [7, 11) is 0. The van der Waals surface area contributed by atoms with Crippen LogP contribution in [0.2, 0.25) is 0 Å². The van der Waals surface area contributed by atoms with Gasteiger partial charge < -0.3 is 5.11 Å². The lowest BCUT2D eigenvalue weighted by Crippen LogP contribution is -2.24. The Morgan fingerprint density at radius 3 is 2.54 bits per heavy atom. The Morgan fingerprint density at radius 2 is 1.88 bits per heavy atom. The van der Waals surface area contributed by atoms with Gasteiger partial charge in [-0.3, -0.25) is 4.79 Å². The second kappa shape index (κ2) is 9.58. The molecule has 26 heavy (non-hydrogen) atoms. The van der Waals surface area contributed by atoms with Crippen LogP contribution in [0.5, 0.6) is 5.75 Å². The third-order valence-electron chi connectivity index (χ3n) is 6.34. The SMILES string of the molecule is CCCCCCC(C)(C)c1ccc([C@@H]2CC(=O)CC[C@H]2CCC)c(O)c1. The summed E-state index contributed by atoms with van der Waals surface area (Å²) in [5.41, 5.74) is 2.28. The van der Waals surface area contributed by atoms with Crippen molar-refractivity contribution in [3.63, 3.8) is 0 Å². The average Bonchev–Trinajstić information content (AvgIpc) is 2.60. The zero-order chi connectivity index (χ0) is 19.2. The van der Waals surface area contributed by atoms with E-state index in [1.807, 2.05) is 6.07 Å². The Morgan fingerprint density at radius 1 is 1.12 bits per heavy atom. The molecule has 0 saturated heterocycles. The number of hydrogen-bond acceptors (Lipinski definition) is 2. The zero-order valence-electron chi connectivity index (χ0n) is 17.3. The fourth-order valence-electron chi connectivity index (χ4n) is 4.56. The van der Waals surface area contributed by atoms with Crippen molar-refractivity contribution in [2.75, 3.05) is 0 Å². The monoisotopic (exact) mass is 358 g/mol. The number of hydrogen-bond donors (Lipinski definition) is 1. The van der Waals surface area contributed by atoms with Gasteiger partial charge in [0, 0.05) is 12.8 Å². The Bertz CT molecular complexity index is 588. The third kappa shape index (κ3) is 5.34. The van der Waals surface area contributed by atoms with Gasteiger partial charge in [0.05, 0.1) is 0 Å². The maximum absolute atomic E-state index is 12.0. The lowest BCUT2D eigenvalue weighted by molar-refractivity contribution is -0.121. The van der Waals surface area contributed by atoms with Crippen LogP contribution in [0.4, 0.5) is 0 Å².